The highest BCUT2D eigenvalue weighted by Crippen LogP contribution is 2.01. The van der Waals surface area contributed by atoms with Gasteiger partial charge in [0.05, 0.1) is 0 Å². The lowest BCUT2D eigenvalue weighted by atomic mass is 10.3. The van der Waals surface area contributed by atoms with E-state index in [4.69, 9.17) is 4.74 Å². The minimum absolute atomic E-state index is 0.206. The second kappa shape index (κ2) is 8.41. The van der Waals surface area contributed by atoms with E-state index < -0.39 is 0 Å². The van der Waals surface area contributed by atoms with Crippen LogP contribution in [-0.2, 0) is 4.74 Å². The first-order valence-corrected chi connectivity index (χ1v) is 6.21. The Bertz CT molecular complexity index is 354. The van der Waals surface area contributed by atoms with Crippen LogP contribution in [0.4, 0.5) is 5.82 Å². The first-order valence-electron chi connectivity index (χ1n) is 6.21. The number of nitrogens with zero attached hydrogens (tertiary/aromatic N) is 2. The molecule has 0 saturated heterocycles. The number of aromatic nitrogens is 2. The molecule has 0 unspecified atom stereocenters. The SMILES string of the molecule is CCNc1ccc(C(=O)NCCCOCC)nn1. The summed E-state index contributed by atoms with van der Waals surface area (Å²) in [7, 11) is 0. The lowest BCUT2D eigenvalue weighted by molar-refractivity contribution is 0.0938. The molecule has 6 heteroatoms. The van der Waals surface area contributed by atoms with Gasteiger partial charge in [0.2, 0.25) is 0 Å². The van der Waals surface area contributed by atoms with Gasteiger partial charge in [0, 0.05) is 26.3 Å². The minimum Gasteiger partial charge on any atom is -0.382 e. The normalized spacial score (nSPS) is 10.1. The van der Waals surface area contributed by atoms with Crippen LogP contribution in [0.5, 0.6) is 0 Å². The zero-order valence-corrected chi connectivity index (χ0v) is 10.9. The molecule has 0 aliphatic carbocycles. The summed E-state index contributed by atoms with van der Waals surface area (Å²) in [6, 6.07) is 3.40. The van der Waals surface area contributed by atoms with E-state index in [1.165, 1.54) is 0 Å². The van der Waals surface area contributed by atoms with Crippen LogP contribution in [0, 0.1) is 0 Å². The Labute approximate surface area is 107 Å². The largest absolute Gasteiger partial charge is 0.382 e. The molecule has 18 heavy (non-hydrogen) atoms. The summed E-state index contributed by atoms with van der Waals surface area (Å²) < 4.78 is 5.18. The van der Waals surface area contributed by atoms with Crippen LogP contribution >= 0.6 is 0 Å². The number of nitrogens with one attached hydrogen (secondary N) is 2. The molecule has 0 aromatic carbocycles. The van der Waals surface area contributed by atoms with Crippen molar-refractivity contribution in [2.75, 3.05) is 31.6 Å². The molecule has 100 valence electrons. The van der Waals surface area contributed by atoms with Gasteiger partial charge in [-0.05, 0) is 32.4 Å². The van der Waals surface area contributed by atoms with Gasteiger partial charge in [0.25, 0.3) is 5.91 Å². The summed E-state index contributed by atoms with van der Waals surface area (Å²) >= 11 is 0. The number of amides is 1. The number of carbonyl (C=O) groups is 1. The summed E-state index contributed by atoms with van der Waals surface area (Å²) in [4.78, 5) is 11.7. The standard InChI is InChI=1S/C12H20N4O2/c1-3-13-11-7-6-10(15-16-11)12(17)14-8-5-9-18-4-2/h6-7H,3-5,8-9H2,1-2H3,(H,13,16)(H,14,17). The van der Waals surface area contributed by atoms with Crippen molar-refractivity contribution in [3.05, 3.63) is 17.8 Å². The molecule has 1 aromatic heterocycles. The Hall–Kier alpha value is -1.69. The van der Waals surface area contributed by atoms with Crippen molar-refractivity contribution in [3.63, 3.8) is 0 Å². The van der Waals surface area contributed by atoms with E-state index in [0.29, 0.717) is 31.3 Å². The fourth-order valence-corrected chi connectivity index (χ4v) is 1.34. The molecule has 1 rings (SSSR count). The van der Waals surface area contributed by atoms with Gasteiger partial charge >= 0.3 is 0 Å². The summed E-state index contributed by atoms with van der Waals surface area (Å²) in [5, 5.41) is 13.5. The Morgan fingerprint density at radius 2 is 2.17 bits per heavy atom. The van der Waals surface area contributed by atoms with Crippen molar-refractivity contribution in [2.45, 2.75) is 20.3 Å². The topological polar surface area (TPSA) is 76.1 Å². The van der Waals surface area contributed by atoms with E-state index in [1.54, 1.807) is 12.1 Å². The molecule has 0 saturated carbocycles. The summed E-state index contributed by atoms with van der Waals surface area (Å²) in [6.45, 7) is 6.63. The van der Waals surface area contributed by atoms with Crippen LogP contribution < -0.4 is 10.6 Å². The molecule has 1 aromatic rings. The predicted octanol–water partition coefficient (Wildman–Crippen LogP) is 1.06. The second-order valence-corrected chi connectivity index (χ2v) is 3.64. The summed E-state index contributed by atoms with van der Waals surface area (Å²) in [5.74, 6) is 0.465. The van der Waals surface area contributed by atoms with Gasteiger partial charge in [-0.25, -0.2) is 0 Å². The molecule has 2 N–H and O–H groups in total. The first-order chi connectivity index (χ1) is 8.77. The molecule has 0 bridgehead atoms. The third-order valence-electron chi connectivity index (χ3n) is 2.21. The van der Waals surface area contributed by atoms with Crippen LogP contribution in [0.15, 0.2) is 12.1 Å². The second-order valence-electron chi connectivity index (χ2n) is 3.64. The highest BCUT2D eigenvalue weighted by Gasteiger charge is 2.06. The molecule has 0 radical (unpaired) electrons. The Kier molecular flexibility index (Phi) is 6.71. The average molecular weight is 252 g/mol. The van der Waals surface area contributed by atoms with Gasteiger partial charge in [0.1, 0.15) is 5.82 Å². The Morgan fingerprint density at radius 1 is 1.33 bits per heavy atom. The minimum atomic E-state index is -0.206. The number of hydrogen-bond acceptors (Lipinski definition) is 5. The van der Waals surface area contributed by atoms with Crippen molar-refractivity contribution in [1.82, 2.24) is 15.5 Å². The van der Waals surface area contributed by atoms with Crippen molar-refractivity contribution in [3.8, 4) is 0 Å². The third kappa shape index (κ3) is 5.09. The maximum absolute atomic E-state index is 11.7. The zero-order chi connectivity index (χ0) is 13.2. The van der Waals surface area contributed by atoms with Gasteiger partial charge in [-0.2, -0.15) is 0 Å². The maximum atomic E-state index is 11.7. The smallest absolute Gasteiger partial charge is 0.271 e. The van der Waals surface area contributed by atoms with Gasteiger partial charge in [0.15, 0.2) is 5.69 Å². The van der Waals surface area contributed by atoms with Crippen LogP contribution in [-0.4, -0.2) is 42.4 Å². The van der Waals surface area contributed by atoms with Crippen molar-refractivity contribution in [2.24, 2.45) is 0 Å². The third-order valence-corrected chi connectivity index (χ3v) is 2.21. The van der Waals surface area contributed by atoms with E-state index in [-0.39, 0.29) is 5.91 Å². The van der Waals surface area contributed by atoms with Crippen LogP contribution in [0.2, 0.25) is 0 Å². The molecule has 1 heterocycles. The zero-order valence-electron chi connectivity index (χ0n) is 10.9. The van der Waals surface area contributed by atoms with E-state index in [9.17, 15) is 4.79 Å². The van der Waals surface area contributed by atoms with Crippen LogP contribution in [0.25, 0.3) is 0 Å². The average Bonchev–Trinajstić information content (AvgIpc) is 2.39. The van der Waals surface area contributed by atoms with Gasteiger partial charge < -0.3 is 15.4 Å². The molecular formula is C12H20N4O2. The first kappa shape index (κ1) is 14.4. The fourth-order valence-electron chi connectivity index (χ4n) is 1.34. The van der Waals surface area contributed by atoms with Crippen molar-refractivity contribution < 1.29 is 9.53 Å². The Morgan fingerprint density at radius 3 is 2.78 bits per heavy atom. The Balaban J connectivity index is 2.32. The number of carbonyl (C=O) groups excluding carboxylic acids is 1. The van der Waals surface area contributed by atoms with Gasteiger partial charge in [-0.15, -0.1) is 10.2 Å². The molecule has 6 nitrogen and oxygen atoms in total. The number of rotatable bonds is 8. The fraction of sp³-hybridized carbons (Fsp3) is 0.583. The quantitative estimate of drug-likeness (QED) is 0.677. The molecule has 0 spiro atoms. The highest BCUT2D eigenvalue weighted by atomic mass is 16.5. The molecule has 0 fully saturated rings. The monoisotopic (exact) mass is 252 g/mol. The molecule has 0 aliphatic heterocycles. The van der Waals surface area contributed by atoms with E-state index in [2.05, 4.69) is 20.8 Å². The van der Waals surface area contributed by atoms with Crippen LogP contribution in [0.1, 0.15) is 30.8 Å². The lowest BCUT2D eigenvalue weighted by Gasteiger charge is -2.05. The van der Waals surface area contributed by atoms with E-state index in [1.807, 2.05) is 13.8 Å². The van der Waals surface area contributed by atoms with E-state index in [0.717, 1.165) is 13.0 Å². The van der Waals surface area contributed by atoms with Crippen molar-refractivity contribution in [1.29, 1.82) is 0 Å². The van der Waals surface area contributed by atoms with E-state index >= 15 is 0 Å². The lowest BCUT2D eigenvalue weighted by Crippen LogP contribution is -2.26. The summed E-state index contributed by atoms with van der Waals surface area (Å²) in [5.41, 5.74) is 0.327. The van der Waals surface area contributed by atoms with Crippen molar-refractivity contribution >= 4 is 11.7 Å². The van der Waals surface area contributed by atoms with Gasteiger partial charge in [-0.3, -0.25) is 4.79 Å². The molecule has 1 amide bonds. The summed E-state index contributed by atoms with van der Waals surface area (Å²) in [6.07, 6.45) is 0.794. The number of anilines is 1. The predicted molar refractivity (Wildman–Crippen MR) is 69.6 cm³/mol. The molecule has 0 atom stereocenters. The maximum Gasteiger partial charge on any atom is 0.271 e. The van der Waals surface area contributed by atoms with Gasteiger partial charge in [-0.1, -0.05) is 0 Å². The highest BCUT2D eigenvalue weighted by molar-refractivity contribution is 5.92. The molecular weight excluding hydrogens is 232 g/mol. The number of ether oxygens (including phenoxy) is 1. The van der Waals surface area contributed by atoms with Crippen LogP contribution in [0.3, 0.4) is 0 Å². The molecule has 0 aliphatic rings. The number of hydrogen-bond donors (Lipinski definition) is 2.